The summed E-state index contributed by atoms with van der Waals surface area (Å²) in [6.45, 7) is 0.978. The number of fused-ring (bicyclic) bond motifs is 1. The average Bonchev–Trinajstić information content (AvgIpc) is 2.59. The molecule has 7 heteroatoms. The number of carbonyl (C=O) groups excluding carboxylic acids is 1. The molecule has 1 aliphatic rings. The van der Waals surface area contributed by atoms with Crippen LogP contribution in [0, 0.1) is 0 Å². The third-order valence-electron chi connectivity index (χ3n) is 3.15. The Morgan fingerprint density at radius 3 is 3.06 bits per heavy atom. The second kappa shape index (κ2) is 6.19. The van der Waals surface area contributed by atoms with E-state index in [1.165, 1.54) is 31.0 Å². The third-order valence-corrected chi connectivity index (χ3v) is 4.21. The van der Waals surface area contributed by atoms with E-state index >= 15 is 0 Å². The highest BCUT2D eigenvalue weighted by atomic mass is 32.2. The van der Waals surface area contributed by atoms with Crippen LogP contribution >= 0.6 is 11.8 Å². The van der Waals surface area contributed by atoms with Crippen molar-refractivity contribution in [1.82, 2.24) is 20.1 Å². The standard InChI is InChI=1S/C11H19N5OS/c1-13-8(10(12)17)7-18-11-15-14-9-5-3-2-4-6-16(9)11/h8,13H,2-7H2,1H3,(H2,12,17). The summed E-state index contributed by atoms with van der Waals surface area (Å²) in [7, 11) is 1.74. The number of amides is 1. The lowest BCUT2D eigenvalue weighted by Gasteiger charge is -2.11. The Kier molecular flexibility index (Phi) is 4.60. The molecule has 0 saturated heterocycles. The van der Waals surface area contributed by atoms with Crippen molar-refractivity contribution in [2.24, 2.45) is 5.73 Å². The van der Waals surface area contributed by atoms with E-state index in [2.05, 4.69) is 20.1 Å². The number of hydrogen-bond donors (Lipinski definition) is 2. The molecule has 1 amide bonds. The van der Waals surface area contributed by atoms with Crippen molar-refractivity contribution >= 4 is 17.7 Å². The summed E-state index contributed by atoms with van der Waals surface area (Å²) in [4.78, 5) is 11.1. The van der Waals surface area contributed by atoms with Crippen LogP contribution in [0.1, 0.15) is 25.1 Å². The number of nitrogens with two attached hydrogens (primary N) is 1. The predicted octanol–water partition coefficient (Wildman–Crippen LogP) is 0.170. The molecule has 100 valence electrons. The van der Waals surface area contributed by atoms with Crippen molar-refractivity contribution in [2.45, 2.75) is 43.4 Å². The van der Waals surface area contributed by atoms with Gasteiger partial charge in [-0.25, -0.2) is 0 Å². The molecule has 1 aromatic heterocycles. The molecule has 0 spiro atoms. The summed E-state index contributed by atoms with van der Waals surface area (Å²) in [6.07, 6.45) is 4.60. The maximum absolute atomic E-state index is 11.1. The van der Waals surface area contributed by atoms with Gasteiger partial charge in [0.25, 0.3) is 0 Å². The lowest BCUT2D eigenvalue weighted by Crippen LogP contribution is -2.41. The predicted molar refractivity (Wildman–Crippen MR) is 70.3 cm³/mol. The molecule has 2 rings (SSSR count). The Morgan fingerprint density at radius 1 is 1.50 bits per heavy atom. The second-order valence-electron chi connectivity index (χ2n) is 4.42. The zero-order valence-electron chi connectivity index (χ0n) is 10.6. The lowest BCUT2D eigenvalue weighted by atomic mass is 10.2. The van der Waals surface area contributed by atoms with Gasteiger partial charge in [-0.1, -0.05) is 18.2 Å². The molecular weight excluding hydrogens is 250 g/mol. The van der Waals surface area contributed by atoms with E-state index in [0.29, 0.717) is 5.75 Å². The van der Waals surface area contributed by atoms with E-state index in [0.717, 1.165) is 23.9 Å². The smallest absolute Gasteiger partial charge is 0.235 e. The lowest BCUT2D eigenvalue weighted by molar-refractivity contribution is -0.119. The van der Waals surface area contributed by atoms with E-state index in [1.54, 1.807) is 7.05 Å². The molecule has 1 aliphatic heterocycles. The average molecular weight is 269 g/mol. The summed E-state index contributed by atoms with van der Waals surface area (Å²) in [6, 6.07) is -0.325. The highest BCUT2D eigenvalue weighted by molar-refractivity contribution is 7.99. The van der Waals surface area contributed by atoms with Crippen molar-refractivity contribution in [1.29, 1.82) is 0 Å². The molecule has 0 aliphatic carbocycles. The van der Waals surface area contributed by atoms with Crippen LogP contribution in [0.15, 0.2) is 5.16 Å². The molecule has 1 atom stereocenters. The Morgan fingerprint density at radius 2 is 2.33 bits per heavy atom. The minimum Gasteiger partial charge on any atom is -0.368 e. The zero-order valence-corrected chi connectivity index (χ0v) is 11.4. The summed E-state index contributed by atoms with van der Waals surface area (Å²) < 4.78 is 2.17. The number of carbonyl (C=O) groups is 1. The fraction of sp³-hybridized carbons (Fsp3) is 0.727. The summed E-state index contributed by atoms with van der Waals surface area (Å²) in [5.74, 6) is 1.32. The Bertz CT molecular complexity index is 420. The molecule has 18 heavy (non-hydrogen) atoms. The Hall–Kier alpha value is -1.08. The maximum Gasteiger partial charge on any atom is 0.235 e. The van der Waals surface area contributed by atoms with Crippen LogP contribution in [0.25, 0.3) is 0 Å². The van der Waals surface area contributed by atoms with Crippen molar-refractivity contribution in [3.8, 4) is 0 Å². The van der Waals surface area contributed by atoms with Crippen LogP contribution in [0.2, 0.25) is 0 Å². The van der Waals surface area contributed by atoms with Gasteiger partial charge in [0.15, 0.2) is 5.16 Å². The molecule has 2 heterocycles. The van der Waals surface area contributed by atoms with Crippen molar-refractivity contribution in [2.75, 3.05) is 12.8 Å². The SMILES string of the molecule is CNC(CSc1nnc2n1CCCCC2)C(N)=O. The van der Waals surface area contributed by atoms with Crippen LogP contribution in [-0.4, -0.2) is 39.5 Å². The number of likely N-dealkylation sites (N-methyl/N-ethyl adjacent to an activating group) is 1. The molecule has 1 aromatic rings. The minimum atomic E-state index is -0.333. The summed E-state index contributed by atoms with van der Waals surface area (Å²) in [5.41, 5.74) is 5.29. The first kappa shape index (κ1) is 13.4. The van der Waals surface area contributed by atoms with Crippen LogP contribution in [0.4, 0.5) is 0 Å². The van der Waals surface area contributed by atoms with Crippen LogP contribution in [0.5, 0.6) is 0 Å². The Labute approximate surface area is 111 Å². The fourth-order valence-corrected chi connectivity index (χ4v) is 3.13. The molecule has 0 fully saturated rings. The first-order valence-corrected chi connectivity index (χ1v) is 7.22. The first-order chi connectivity index (χ1) is 8.72. The van der Waals surface area contributed by atoms with Crippen molar-refractivity contribution < 1.29 is 4.79 Å². The first-order valence-electron chi connectivity index (χ1n) is 6.24. The molecule has 0 bridgehead atoms. The largest absolute Gasteiger partial charge is 0.368 e. The zero-order chi connectivity index (χ0) is 13.0. The van der Waals surface area contributed by atoms with Gasteiger partial charge >= 0.3 is 0 Å². The molecular formula is C11H19N5OS. The second-order valence-corrected chi connectivity index (χ2v) is 5.40. The number of aryl methyl sites for hydroxylation is 1. The van der Waals surface area contributed by atoms with Crippen molar-refractivity contribution in [3.63, 3.8) is 0 Å². The van der Waals surface area contributed by atoms with Gasteiger partial charge in [0, 0.05) is 18.7 Å². The van der Waals surface area contributed by atoms with E-state index in [-0.39, 0.29) is 11.9 Å². The van der Waals surface area contributed by atoms with Crippen LogP contribution in [-0.2, 0) is 17.8 Å². The van der Waals surface area contributed by atoms with Gasteiger partial charge in [0.05, 0.1) is 6.04 Å². The summed E-state index contributed by atoms with van der Waals surface area (Å²) in [5, 5.41) is 12.2. The quantitative estimate of drug-likeness (QED) is 0.744. The number of primary amides is 1. The minimum absolute atomic E-state index is 0.325. The van der Waals surface area contributed by atoms with E-state index in [9.17, 15) is 4.79 Å². The normalized spacial score (nSPS) is 16.9. The number of aromatic nitrogens is 3. The summed E-state index contributed by atoms with van der Waals surface area (Å²) >= 11 is 1.54. The van der Waals surface area contributed by atoms with Gasteiger partial charge in [-0.05, 0) is 19.9 Å². The molecule has 3 N–H and O–H groups in total. The molecule has 0 radical (unpaired) electrons. The molecule has 1 unspecified atom stereocenters. The number of hydrogen-bond acceptors (Lipinski definition) is 5. The topological polar surface area (TPSA) is 85.8 Å². The number of nitrogens with one attached hydrogen (secondary N) is 1. The highest BCUT2D eigenvalue weighted by Gasteiger charge is 2.18. The fourth-order valence-electron chi connectivity index (χ4n) is 2.03. The van der Waals surface area contributed by atoms with E-state index in [4.69, 9.17) is 5.73 Å². The van der Waals surface area contributed by atoms with Gasteiger partial charge in [0.2, 0.25) is 5.91 Å². The molecule has 0 aromatic carbocycles. The van der Waals surface area contributed by atoms with E-state index < -0.39 is 0 Å². The monoisotopic (exact) mass is 269 g/mol. The van der Waals surface area contributed by atoms with Gasteiger partial charge in [-0.3, -0.25) is 4.79 Å². The van der Waals surface area contributed by atoms with E-state index in [1.807, 2.05) is 0 Å². The third kappa shape index (κ3) is 3.02. The highest BCUT2D eigenvalue weighted by Crippen LogP contribution is 2.22. The van der Waals surface area contributed by atoms with Crippen LogP contribution in [0.3, 0.4) is 0 Å². The number of nitrogens with zero attached hydrogens (tertiary/aromatic N) is 3. The maximum atomic E-state index is 11.1. The van der Waals surface area contributed by atoms with Gasteiger partial charge in [-0.15, -0.1) is 10.2 Å². The van der Waals surface area contributed by atoms with Gasteiger partial charge in [0.1, 0.15) is 5.82 Å². The Balaban J connectivity index is 2.01. The number of rotatable bonds is 5. The van der Waals surface area contributed by atoms with Crippen LogP contribution < -0.4 is 11.1 Å². The molecule has 6 nitrogen and oxygen atoms in total. The van der Waals surface area contributed by atoms with Gasteiger partial charge in [-0.2, -0.15) is 0 Å². The van der Waals surface area contributed by atoms with Gasteiger partial charge < -0.3 is 15.6 Å². The van der Waals surface area contributed by atoms with Crippen molar-refractivity contribution in [3.05, 3.63) is 5.82 Å². The molecule has 0 saturated carbocycles. The number of thioether (sulfide) groups is 1.